The van der Waals surface area contributed by atoms with Crippen molar-refractivity contribution in [1.82, 2.24) is 0 Å². The van der Waals surface area contributed by atoms with Crippen LogP contribution in [0.25, 0.3) is 0 Å². The fourth-order valence-corrected chi connectivity index (χ4v) is 6.41. The highest BCUT2D eigenvalue weighted by Crippen LogP contribution is 2.50. The van der Waals surface area contributed by atoms with Crippen molar-refractivity contribution >= 4 is 34.5 Å². The van der Waals surface area contributed by atoms with Crippen LogP contribution in [0.3, 0.4) is 0 Å². The van der Waals surface area contributed by atoms with Crippen LogP contribution < -0.4 is 0 Å². The van der Waals surface area contributed by atoms with Crippen molar-refractivity contribution in [2.75, 3.05) is 0 Å². The minimum Gasteiger partial charge on any atom is -0.458 e. The Morgan fingerprint density at radius 1 is 0.605 bits per heavy atom. The van der Waals surface area contributed by atoms with Crippen LogP contribution in [-0.2, 0) is 37.4 Å². The highest BCUT2D eigenvalue weighted by Gasteiger charge is 2.74. The van der Waals surface area contributed by atoms with E-state index in [0.29, 0.717) is 0 Å². The quantitative estimate of drug-likeness (QED) is 0.115. The Morgan fingerprint density at radius 2 is 0.930 bits per heavy atom. The van der Waals surface area contributed by atoms with Gasteiger partial charge in [0.15, 0.2) is 22.7 Å². The van der Waals surface area contributed by atoms with Gasteiger partial charge in [-0.25, -0.2) is 14.4 Å². The Bertz CT molecular complexity index is 1030. The van der Waals surface area contributed by atoms with Gasteiger partial charge in [-0.3, -0.25) is 0 Å². The largest absolute Gasteiger partial charge is 0.458 e. The predicted octanol–water partition coefficient (Wildman–Crippen LogP) is 7.08. The molecule has 0 bridgehead atoms. The lowest BCUT2D eigenvalue weighted by Crippen LogP contribution is -2.78. The molecule has 11 heteroatoms. The van der Waals surface area contributed by atoms with Gasteiger partial charge in [-0.1, -0.05) is 48.1 Å². The lowest BCUT2D eigenvalue weighted by Gasteiger charge is -2.55. The average molecular weight is 647 g/mol. The number of ether oxygens (including phenoxy) is 3. The summed E-state index contributed by atoms with van der Waals surface area (Å²) in [6, 6.07) is 0. The Balaban J connectivity index is 8.58. The first-order valence-corrected chi connectivity index (χ1v) is 20.8. The summed E-state index contributed by atoms with van der Waals surface area (Å²) < 4.78 is 31.2. The summed E-state index contributed by atoms with van der Waals surface area (Å²) in [5.41, 5.74) is -8.60. The fourth-order valence-electron chi connectivity index (χ4n) is 3.53. The van der Waals surface area contributed by atoms with E-state index in [1.54, 1.807) is 62.3 Å². The third kappa shape index (κ3) is 9.98. The van der Waals surface area contributed by atoms with E-state index in [1.807, 2.05) is 67.7 Å². The third-order valence-corrected chi connectivity index (χ3v) is 16.6. The number of hydrogen-bond acceptors (Lipinski definition) is 9. The molecule has 0 aliphatic heterocycles. The predicted molar refractivity (Wildman–Crippen MR) is 176 cm³/mol. The normalized spacial score (nSPS) is 17.7. The highest BCUT2D eigenvalue weighted by atomic mass is 28.4. The van der Waals surface area contributed by atoms with Gasteiger partial charge >= 0.3 is 17.9 Å². The van der Waals surface area contributed by atoms with E-state index in [-0.39, 0.29) is 0 Å². The molecule has 0 spiro atoms. The topological polar surface area (TPSA) is 118 Å². The molecule has 252 valence electrons. The summed E-state index contributed by atoms with van der Waals surface area (Å²) in [4.78, 5) is 43.3. The van der Waals surface area contributed by atoms with E-state index >= 15 is 0 Å². The summed E-state index contributed by atoms with van der Waals surface area (Å²) >= 11 is 0. The van der Waals surface area contributed by atoms with Crippen LogP contribution in [0.1, 0.15) is 104 Å². The molecule has 0 aromatic rings. The van der Waals surface area contributed by atoms with E-state index in [1.165, 1.54) is 0 Å². The summed E-state index contributed by atoms with van der Waals surface area (Å²) in [6.07, 6.45) is -1.27. The van der Waals surface area contributed by atoms with Gasteiger partial charge in [-0.05, 0) is 105 Å². The monoisotopic (exact) mass is 646 g/mol. The van der Waals surface area contributed by atoms with Gasteiger partial charge in [0.05, 0.1) is 0 Å². The number of carbonyl (C=O) groups is 3. The maximum Gasteiger partial charge on any atom is 0.345 e. The molecule has 43 heavy (non-hydrogen) atoms. The number of aliphatic hydroxyl groups excluding tert-OH is 1. The van der Waals surface area contributed by atoms with E-state index in [0.717, 1.165) is 6.08 Å². The van der Waals surface area contributed by atoms with Crippen molar-refractivity contribution in [3.8, 4) is 0 Å². The number of hydrogen-bond donors (Lipinski definition) is 1. The molecule has 0 saturated carbocycles. The van der Waals surface area contributed by atoms with Gasteiger partial charge in [0.1, 0.15) is 16.8 Å². The zero-order valence-corrected chi connectivity index (χ0v) is 32.6. The zero-order valence-electron chi connectivity index (χ0n) is 30.6. The maximum absolute atomic E-state index is 14.8. The van der Waals surface area contributed by atoms with Crippen molar-refractivity contribution in [2.24, 2.45) is 0 Å². The molecule has 0 saturated heterocycles. The van der Waals surface area contributed by atoms with E-state index < -0.39 is 78.7 Å². The Kier molecular flexibility index (Phi) is 12.2. The van der Waals surface area contributed by atoms with Crippen molar-refractivity contribution in [3.63, 3.8) is 0 Å². The number of rotatable bonds is 10. The molecular formula is C32H62O9Si2. The van der Waals surface area contributed by atoms with E-state index in [4.69, 9.17) is 23.1 Å². The molecule has 3 atom stereocenters. The summed E-state index contributed by atoms with van der Waals surface area (Å²) in [5.74, 6) is -3.41. The van der Waals surface area contributed by atoms with Gasteiger partial charge in [-0.15, -0.1) is 0 Å². The second kappa shape index (κ2) is 12.7. The van der Waals surface area contributed by atoms with Crippen molar-refractivity contribution < 1.29 is 42.6 Å². The van der Waals surface area contributed by atoms with Gasteiger partial charge < -0.3 is 28.2 Å². The van der Waals surface area contributed by atoms with E-state index in [9.17, 15) is 19.5 Å². The molecule has 0 rings (SSSR count). The lowest BCUT2D eigenvalue weighted by atomic mass is 9.77. The van der Waals surface area contributed by atoms with Crippen molar-refractivity contribution in [1.29, 1.82) is 0 Å². The molecule has 0 aromatic heterocycles. The molecule has 0 aromatic carbocycles. The molecule has 0 aliphatic carbocycles. The van der Waals surface area contributed by atoms with E-state index in [2.05, 4.69) is 6.58 Å². The molecule has 0 aliphatic rings. The summed E-state index contributed by atoms with van der Waals surface area (Å²) in [5, 5.41) is 11.1. The minimum absolute atomic E-state index is 0.503. The van der Waals surface area contributed by atoms with Crippen molar-refractivity contribution in [3.05, 3.63) is 12.7 Å². The average Bonchev–Trinajstić information content (AvgIpc) is 2.69. The standard InChI is InChI=1S/C32H62O9Si2/c1-21-31(24(35)38-27(5,6)7,40-42(17,18)29(11,12)13)32(25(36)39-28(8,9)10,41-43(19,20)30(14,15)16)22(33)23(34)37-26(2,3)4/h21-22,33H,1H2,2-20H3/t22?,31-,32+/m0/s1. The van der Waals surface area contributed by atoms with Crippen LogP contribution in [0, 0.1) is 0 Å². The zero-order chi connectivity index (χ0) is 35.1. The second-order valence-electron chi connectivity index (χ2n) is 17.3. The minimum atomic E-state index is -3.19. The lowest BCUT2D eigenvalue weighted by molar-refractivity contribution is -0.231. The third-order valence-electron chi connectivity index (χ3n) is 7.70. The summed E-state index contributed by atoms with van der Waals surface area (Å²) in [7, 11) is -6.26. The van der Waals surface area contributed by atoms with Gasteiger partial charge in [0, 0.05) is 0 Å². The molecule has 9 nitrogen and oxygen atoms in total. The first kappa shape index (κ1) is 41.5. The van der Waals surface area contributed by atoms with Crippen molar-refractivity contribution in [2.45, 2.75) is 174 Å². The molecule has 0 heterocycles. The highest BCUT2D eigenvalue weighted by molar-refractivity contribution is 6.75. The number of aliphatic hydroxyl groups is 1. The molecule has 1 unspecified atom stereocenters. The Morgan fingerprint density at radius 3 is 1.23 bits per heavy atom. The smallest absolute Gasteiger partial charge is 0.345 e. The van der Waals surface area contributed by atoms with Crippen LogP contribution in [0.5, 0.6) is 0 Å². The Labute approximate surface area is 263 Å². The molecule has 0 amide bonds. The molecule has 0 fully saturated rings. The Hall–Kier alpha value is -1.54. The molecule has 0 radical (unpaired) electrons. The summed E-state index contributed by atoms with van der Waals surface area (Å²) in [6.45, 7) is 37.8. The van der Waals surface area contributed by atoms with Gasteiger partial charge in [-0.2, -0.15) is 0 Å². The first-order chi connectivity index (χ1) is 18.5. The second-order valence-corrected chi connectivity index (χ2v) is 26.8. The van der Waals surface area contributed by atoms with Crippen LogP contribution in [0.15, 0.2) is 12.7 Å². The molecule has 1 N–H and O–H groups in total. The maximum atomic E-state index is 14.8. The van der Waals surface area contributed by atoms with Crippen LogP contribution in [0.4, 0.5) is 0 Å². The van der Waals surface area contributed by atoms with Gasteiger partial charge in [0.2, 0.25) is 11.2 Å². The van der Waals surface area contributed by atoms with Crippen LogP contribution >= 0.6 is 0 Å². The number of carbonyl (C=O) groups excluding carboxylic acids is 3. The molecular weight excluding hydrogens is 585 g/mol. The number of esters is 3. The van der Waals surface area contributed by atoms with Crippen LogP contribution in [-0.4, -0.2) is 73.8 Å². The first-order valence-electron chi connectivity index (χ1n) is 14.9. The van der Waals surface area contributed by atoms with Gasteiger partial charge in [0.25, 0.3) is 0 Å². The van der Waals surface area contributed by atoms with Crippen LogP contribution in [0.2, 0.25) is 36.3 Å². The fraction of sp³-hybridized carbons (Fsp3) is 0.844. The SMILES string of the molecule is C=C[C@](O[Si](C)(C)C(C)(C)C)(C(=O)OC(C)(C)C)[C@](O[Si](C)(C)C(C)(C)C)(C(=O)OC(C)(C)C)C(O)C(=O)OC(C)(C)C.